The maximum Gasteiger partial charge on any atom is 0.251 e. The molecule has 4 rings (SSSR count). The zero-order valence-corrected chi connectivity index (χ0v) is 16.5. The molecule has 2 aromatic carbocycles. The fourth-order valence-corrected chi connectivity index (χ4v) is 3.77. The van der Waals surface area contributed by atoms with Crippen LogP contribution < -0.4 is 20.5 Å². The number of nitrogens with zero attached hydrogens (tertiary/aromatic N) is 1. The molecule has 1 amide bonds. The first kappa shape index (κ1) is 19.1. The fourth-order valence-electron chi connectivity index (χ4n) is 3.77. The van der Waals surface area contributed by atoms with Gasteiger partial charge in [0.15, 0.2) is 0 Å². The first-order valence-corrected chi connectivity index (χ1v) is 9.97. The number of anilines is 2. The summed E-state index contributed by atoms with van der Waals surface area (Å²) in [7, 11) is 1.59. The van der Waals surface area contributed by atoms with Gasteiger partial charge in [0.2, 0.25) is 5.91 Å². The lowest BCUT2D eigenvalue weighted by molar-refractivity contribution is -0.116. The van der Waals surface area contributed by atoms with E-state index >= 15 is 0 Å². The van der Waals surface area contributed by atoms with Crippen LogP contribution >= 0.6 is 0 Å². The largest absolute Gasteiger partial charge is 0.497 e. The van der Waals surface area contributed by atoms with E-state index in [1.807, 2.05) is 36.4 Å². The van der Waals surface area contributed by atoms with E-state index in [9.17, 15) is 9.59 Å². The molecular formula is C23H25N3O3. The molecule has 1 aliphatic heterocycles. The minimum Gasteiger partial charge on any atom is -0.497 e. The fraction of sp³-hybridized carbons (Fsp3) is 0.304. The summed E-state index contributed by atoms with van der Waals surface area (Å²) in [6.07, 6.45) is 3.06. The van der Waals surface area contributed by atoms with Crippen molar-refractivity contribution in [3.05, 3.63) is 64.4 Å². The summed E-state index contributed by atoms with van der Waals surface area (Å²) in [5.41, 5.74) is 3.08. The van der Waals surface area contributed by atoms with Crippen molar-refractivity contribution < 1.29 is 9.53 Å². The Morgan fingerprint density at radius 3 is 2.76 bits per heavy atom. The summed E-state index contributed by atoms with van der Waals surface area (Å²) in [6.45, 7) is 2.13. The number of pyridine rings is 1. The third-order valence-electron chi connectivity index (χ3n) is 5.35. The van der Waals surface area contributed by atoms with Crippen molar-refractivity contribution in [2.24, 2.45) is 0 Å². The molecule has 0 aliphatic carbocycles. The van der Waals surface area contributed by atoms with E-state index < -0.39 is 0 Å². The van der Waals surface area contributed by atoms with Crippen molar-refractivity contribution >= 4 is 28.2 Å². The lowest BCUT2D eigenvalue weighted by atomic mass is 10.1. The van der Waals surface area contributed by atoms with E-state index in [0.29, 0.717) is 17.7 Å². The van der Waals surface area contributed by atoms with Gasteiger partial charge in [-0.15, -0.1) is 0 Å². The van der Waals surface area contributed by atoms with Gasteiger partial charge in [-0.05, 0) is 61.0 Å². The highest BCUT2D eigenvalue weighted by Crippen LogP contribution is 2.23. The number of aryl methyl sites for hydroxylation is 1. The molecule has 0 bridgehead atoms. The van der Waals surface area contributed by atoms with Crippen LogP contribution in [-0.2, 0) is 11.2 Å². The van der Waals surface area contributed by atoms with Crippen LogP contribution in [0, 0.1) is 0 Å². The van der Waals surface area contributed by atoms with E-state index in [-0.39, 0.29) is 17.9 Å². The van der Waals surface area contributed by atoms with Crippen LogP contribution in [0.5, 0.6) is 5.75 Å². The van der Waals surface area contributed by atoms with Crippen LogP contribution in [0.1, 0.15) is 24.8 Å². The smallest absolute Gasteiger partial charge is 0.251 e. The van der Waals surface area contributed by atoms with Gasteiger partial charge in [0, 0.05) is 42.5 Å². The predicted octanol–water partition coefficient (Wildman–Crippen LogP) is 3.71. The summed E-state index contributed by atoms with van der Waals surface area (Å²) in [6, 6.07) is 15.3. The Morgan fingerprint density at radius 2 is 1.97 bits per heavy atom. The Labute approximate surface area is 169 Å². The first-order chi connectivity index (χ1) is 14.1. The minimum atomic E-state index is -0.172. The van der Waals surface area contributed by atoms with E-state index in [1.165, 1.54) is 12.8 Å². The molecule has 6 nitrogen and oxygen atoms in total. The van der Waals surface area contributed by atoms with E-state index in [4.69, 9.17) is 4.74 Å². The minimum absolute atomic E-state index is 0.0993. The Bertz CT molecular complexity index is 1080. The Morgan fingerprint density at radius 1 is 1.14 bits per heavy atom. The molecule has 0 unspecified atom stereocenters. The van der Waals surface area contributed by atoms with Crippen LogP contribution in [0.15, 0.2) is 53.3 Å². The molecule has 2 heterocycles. The number of fused-ring (bicyclic) bond motifs is 1. The van der Waals surface area contributed by atoms with Crippen molar-refractivity contribution in [1.29, 1.82) is 0 Å². The highest BCUT2D eigenvalue weighted by atomic mass is 16.5. The van der Waals surface area contributed by atoms with Crippen molar-refractivity contribution in [3.63, 3.8) is 0 Å². The third kappa shape index (κ3) is 4.42. The molecule has 150 valence electrons. The average Bonchev–Trinajstić information content (AvgIpc) is 3.27. The molecule has 0 saturated carbocycles. The quantitative estimate of drug-likeness (QED) is 0.672. The topological polar surface area (TPSA) is 74.4 Å². The molecular weight excluding hydrogens is 366 g/mol. The number of ether oxygens (including phenoxy) is 1. The number of H-pyrrole nitrogens is 1. The Balaban J connectivity index is 1.41. The number of carbonyl (C=O) groups excluding carboxylic acids is 1. The average molecular weight is 391 g/mol. The number of amides is 1. The molecule has 0 spiro atoms. The summed E-state index contributed by atoms with van der Waals surface area (Å²) in [4.78, 5) is 30.0. The summed E-state index contributed by atoms with van der Waals surface area (Å²) in [5, 5.41) is 3.87. The van der Waals surface area contributed by atoms with E-state index in [1.54, 1.807) is 13.2 Å². The number of rotatable bonds is 6. The second-order valence-corrected chi connectivity index (χ2v) is 7.37. The predicted molar refractivity (Wildman–Crippen MR) is 116 cm³/mol. The molecule has 0 radical (unpaired) electrons. The molecule has 1 aliphatic rings. The van der Waals surface area contributed by atoms with Gasteiger partial charge in [0.25, 0.3) is 5.56 Å². The number of hydrogen-bond acceptors (Lipinski definition) is 4. The van der Waals surface area contributed by atoms with Crippen molar-refractivity contribution in [2.45, 2.75) is 25.7 Å². The molecule has 1 saturated heterocycles. The molecule has 1 fully saturated rings. The molecule has 6 heteroatoms. The number of methoxy groups -OCH3 is 1. The standard InChI is InChI=1S/C23H25N3O3/c1-29-20-9-7-16-13-17(23(28)25-21(16)15-20)8-10-22(27)24-18-5-4-6-19(14-18)26-11-2-3-12-26/h4-7,9,13-15H,2-3,8,10-12H2,1H3,(H,24,27)(H,25,28). The summed E-state index contributed by atoms with van der Waals surface area (Å²) >= 11 is 0. The second-order valence-electron chi connectivity index (χ2n) is 7.37. The highest BCUT2D eigenvalue weighted by Gasteiger charge is 2.13. The zero-order chi connectivity index (χ0) is 20.2. The number of nitrogens with one attached hydrogen (secondary N) is 2. The van der Waals surface area contributed by atoms with Gasteiger partial charge in [-0.1, -0.05) is 6.07 Å². The molecule has 0 atom stereocenters. The second kappa shape index (κ2) is 8.39. The maximum absolute atomic E-state index is 12.4. The van der Waals surface area contributed by atoms with Gasteiger partial charge in [-0.2, -0.15) is 0 Å². The van der Waals surface area contributed by atoms with Crippen molar-refractivity contribution in [2.75, 3.05) is 30.4 Å². The van der Waals surface area contributed by atoms with Crippen LogP contribution in [-0.4, -0.2) is 31.1 Å². The van der Waals surface area contributed by atoms with Gasteiger partial charge in [0.05, 0.1) is 12.6 Å². The highest BCUT2D eigenvalue weighted by molar-refractivity contribution is 5.91. The van der Waals surface area contributed by atoms with Crippen molar-refractivity contribution in [1.82, 2.24) is 4.98 Å². The SMILES string of the molecule is COc1ccc2cc(CCC(=O)Nc3cccc(N4CCCC4)c3)c(=O)[nH]c2c1. The number of hydrogen-bond donors (Lipinski definition) is 2. The molecule has 2 N–H and O–H groups in total. The van der Waals surface area contributed by atoms with Crippen LogP contribution in [0.3, 0.4) is 0 Å². The first-order valence-electron chi connectivity index (χ1n) is 9.97. The normalized spacial score (nSPS) is 13.6. The molecule has 3 aromatic rings. The lowest BCUT2D eigenvalue weighted by Gasteiger charge is -2.18. The number of carbonyl (C=O) groups is 1. The Hall–Kier alpha value is -3.28. The lowest BCUT2D eigenvalue weighted by Crippen LogP contribution is -2.19. The molecule has 29 heavy (non-hydrogen) atoms. The number of aromatic nitrogens is 1. The van der Waals surface area contributed by atoms with Crippen molar-refractivity contribution in [3.8, 4) is 5.75 Å². The monoisotopic (exact) mass is 391 g/mol. The maximum atomic E-state index is 12.4. The number of aromatic amines is 1. The van der Waals surface area contributed by atoms with Crippen LogP contribution in [0.4, 0.5) is 11.4 Å². The third-order valence-corrected chi connectivity index (χ3v) is 5.35. The van der Waals surface area contributed by atoms with E-state index in [0.717, 1.165) is 35.4 Å². The van der Waals surface area contributed by atoms with Gasteiger partial charge < -0.3 is 19.9 Å². The number of benzene rings is 2. The van der Waals surface area contributed by atoms with Crippen LogP contribution in [0.2, 0.25) is 0 Å². The van der Waals surface area contributed by atoms with Crippen LogP contribution in [0.25, 0.3) is 10.9 Å². The summed E-state index contributed by atoms with van der Waals surface area (Å²) in [5.74, 6) is 0.592. The van der Waals surface area contributed by atoms with E-state index in [2.05, 4.69) is 21.3 Å². The Kier molecular flexibility index (Phi) is 5.51. The zero-order valence-electron chi connectivity index (χ0n) is 16.5. The van der Waals surface area contributed by atoms with Gasteiger partial charge in [0.1, 0.15) is 5.75 Å². The summed E-state index contributed by atoms with van der Waals surface area (Å²) < 4.78 is 5.19. The molecule has 1 aromatic heterocycles. The van der Waals surface area contributed by atoms with Gasteiger partial charge in [-0.25, -0.2) is 0 Å². The van der Waals surface area contributed by atoms with Gasteiger partial charge in [-0.3, -0.25) is 9.59 Å². The van der Waals surface area contributed by atoms with Gasteiger partial charge >= 0.3 is 0 Å².